The number of aliphatic hydroxyl groups excluding tert-OH is 2. The van der Waals surface area contributed by atoms with Crippen LogP contribution in [0.2, 0.25) is 0 Å². The van der Waals surface area contributed by atoms with Crippen LogP contribution < -0.4 is 5.73 Å². The maximum absolute atomic E-state index is 9.77. The molecule has 0 saturated heterocycles. The number of thiocarbonyl (C=S) groups is 1. The minimum absolute atomic E-state index is 0.0488. The molecule has 1 rings (SSSR count). The van der Waals surface area contributed by atoms with Crippen LogP contribution in [0.15, 0.2) is 24.3 Å². The SMILES string of the molecule is NC(=S)c1ccccc1C(O)C(O)CCl. The molecule has 15 heavy (non-hydrogen) atoms. The zero-order chi connectivity index (χ0) is 11.4. The highest BCUT2D eigenvalue weighted by atomic mass is 35.5. The molecule has 4 N–H and O–H groups in total. The molecule has 2 atom stereocenters. The molecule has 82 valence electrons. The largest absolute Gasteiger partial charge is 0.389 e. The Hall–Kier alpha value is -0.680. The number of halogens is 1. The first-order valence-corrected chi connectivity index (χ1v) is 5.33. The minimum Gasteiger partial charge on any atom is -0.389 e. The van der Waals surface area contributed by atoms with Gasteiger partial charge in [-0.3, -0.25) is 0 Å². The fraction of sp³-hybridized carbons (Fsp3) is 0.300. The lowest BCUT2D eigenvalue weighted by Gasteiger charge is -2.18. The normalized spacial score (nSPS) is 14.6. The number of alkyl halides is 1. The van der Waals surface area contributed by atoms with E-state index in [1.165, 1.54) is 0 Å². The van der Waals surface area contributed by atoms with Gasteiger partial charge in [-0.25, -0.2) is 0 Å². The highest BCUT2D eigenvalue weighted by Gasteiger charge is 2.20. The number of rotatable bonds is 4. The smallest absolute Gasteiger partial charge is 0.107 e. The second-order valence-electron chi connectivity index (χ2n) is 3.12. The standard InChI is InChI=1S/C10H12ClNO2S/c11-5-8(13)9(14)6-3-1-2-4-7(6)10(12)15/h1-4,8-9,13-14H,5H2,(H2,12,15). The van der Waals surface area contributed by atoms with Gasteiger partial charge in [0.15, 0.2) is 0 Å². The van der Waals surface area contributed by atoms with Gasteiger partial charge in [0.05, 0.1) is 12.0 Å². The molecule has 0 amide bonds. The molecule has 5 heteroatoms. The maximum atomic E-state index is 9.77. The minimum atomic E-state index is -1.07. The molecule has 0 heterocycles. The van der Waals surface area contributed by atoms with Crippen molar-refractivity contribution in [3.8, 4) is 0 Å². The molecule has 0 spiro atoms. The lowest BCUT2D eigenvalue weighted by Crippen LogP contribution is -2.23. The Balaban J connectivity index is 3.07. The van der Waals surface area contributed by atoms with Crippen LogP contribution in [-0.4, -0.2) is 27.2 Å². The van der Waals surface area contributed by atoms with Crippen molar-refractivity contribution in [3.05, 3.63) is 35.4 Å². The van der Waals surface area contributed by atoms with E-state index < -0.39 is 12.2 Å². The maximum Gasteiger partial charge on any atom is 0.107 e. The Morgan fingerprint density at radius 1 is 1.40 bits per heavy atom. The van der Waals surface area contributed by atoms with E-state index in [9.17, 15) is 10.2 Å². The summed E-state index contributed by atoms with van der Waals surface area (Å²) in [7, 11) is 0. The number of hydrogen-bond acceptors (Lipinski definition) is 3. The average Bonchev–Trinajstić information content (AvgIpc) is 2.27. The molecule has 0 saturated carbocycles. The summed E-state index contributed by atoms with van der Waals surface area (Å²) >= 11 is 10.3. The van der Waals surface area contributed by atoms with Crippen LogP contribution in [0.3, 0.4) is 0 Å². The third kappa shape index (κ3) is 2.89. The third-order valence-electron chi connectivity index (χ3n) is 2.07. The monoisotopic (exact) mass is 245 g/mol. The fourth-order valence-corrected chi connectivity index (χ4v) is 1.63. The van der Waals surface area contributed by atoms with Gasteiger partial charge < -0.3 is 15.9 Å². The van der Waals surface area contributed by atoms with Gasteiger partial charge in [-0.05, 0) is 5.56 Å². The molecule has 2 unspecified atom stereocenters. The molecular weight excluding hydrogens is 234 g/mol. The Morgan fingerprint density at radius 2 is 2.00 bits per heavy atom. The number of nitrogens with two attached hydrogens (primary N) is 1. The summed E-state index contributed by atoms with van der Waals surface area (Å²) in [6.45, 7) is 0. The first-order valence-electron chi connectivity index (χ1n) is 4.38. The van der Waals surface area contributed by atoms with Crippen molar-refractivity contribution >= 4 is 28.8 Å². The summed E-state index contributed by atoms with van der Waals surface area (Å²) in [5.41, 5.74) is 6.56. The predicted octanol–water partition coefficient (Wildman–Crippen LogP) is 0.954. The summed E-state index contributed by atoms with van der Waals surface area (Å²) in [5, 5.41) is 19.2. The van der Waals surface area contributed by atoms with Crippen LogP contribution in [-0.2, 0) is 0 Å². The van der Waals surface area contributed by atoms with Gasteiger partial charge >= 0.3 is 0 Å². The van der Waals surface area contributed by atoms with E-state index in [0.29, 0.717) is 11.1 Å². The van der Waals surface area contributed by atoms with Crippen LogP contribution in [0, 0.1) is 0 Å². The van der Waals surface area contributed by atoms with Gasteiger partial charge in [-0.1, -0.05) is 36.5 Å². The number of hydrogen-bond donors (Lipinski definition) is 3. The molecule has 0 aromatic heterocycles. The Labute approximate surface area is 98.5 Å². The van der Waals surface area contributed by atoms with Crippen molar-refractivity contribution in [2.24, 2.45) is 5.73 Å². The summed E-state index contributed by atoms with van der Waals surface area (Å²) in [5.74, 6) is -0.0488. The van der Waals surface area contributed by atoms with Crippen molar-refractivity contribution in [1.29, 1.82) is 0 Å². The molecule has 3 nitrogen and oxygen atoms in total. The van der Waals surface area contributed by atoms with Gasteiger partial charge in [0.2, 0.25) is 0 Å². The molecule has 0 bridgehead atoms. The van der Waals surface area contributed by atoms with Gasteiger partial charge in [0.25, 0.3) is 0 Å². The zero-order valence-corrected chi connectivity index (χ0v) is 9.50. The average molecular weight is 246 g/mol. The van der Waals surface area contributed by atoms with E-state index >= 15 is 0 Å². The molecule has 1 aromatic carbocycles. The molecule has 0 radical (unpaired) electrons. The Bertz CT molecular complexity index is 359. The predicted molar refractivity (Wildman–Crippen MR) is 64.0 cm³/mol. The van der Waals surface area contributed by atoms with Gasteiger partial charge in [0.1, 0.15) is 11.1 Å². The second kappa shape index (κ2) is 5.42. The first kappa shape index (κ1) is 12.4. The first-order chi connectivity index (χ1) is 7.07. The van der Waals surface area contributed by atoms with Gasteiger partial charge in [0, 0.05) is 5.56 Å². The van der Waals surface area contributed by atoms with E-state index in [-0.39, 0.29) is 10.9 Å². The summed E-state index contributed by atoms with van der Waals surface area (Å²) < 4.78 is 0. The Morgan fingerprint density at radius 3 is 2.53 bits per heavy atom. The van der Waals surface area contributed by atoms with Crippen molar-refractivity contribution < 1.29 is 10.2 Å². The number of aliphatic hydroxyl groups is 2. The van der Waals surface area contributed by atoms with Gasteiger partial charge in [-0.2, -0.15) is 0 Å². The van der Waals surface area contributed by atoms with Crippen molar-refractivity contribution in [2.45, 2.75) is 12.2 Å². The molecule has 0 aliphatic heterocycles. The van der Waals surface area contributed by atoms with Crippen LogP contribution in [0.5, 0.6) is 0 Å². The highest BCUT2D eigenvalue weighted by molar-refractivity contribution is 7.80. The van der Waals surface area contributed by atoms with E-state index in [1.54, 1.807) is 24.3 Å². The Kier molecular flexibility index (Phi) is 4.47. The second-order valence-corrected chi connectivity index (χ2v) is 3.87. The zero-order valence-electron chi connectivity index (χ0n) is 7.93. The van der Waals surface area contributed by atoms with E-state index in [1.807, 2.05) is 0 Å². The van der Waals surface area contributed by atoms with Crippen LogP contribution >= 0.6 is 23.8 Å². The molecule has 0 aliphatic rings. The fourth-order valence-electron chi connectivity index (χ4n) is 1.27. The lowest BCUT2D eigenvalue weighted by molar-refractivity contribution is 0.0326. The van der Waals surface area contributed by atoms with E-state index in [4.69, 9.17) is 29.6 Å². The summed E-state index contributed by atoms with van der Waals surface area (Å²) in [6, 6.07) is 6.86. The third-order valence-corrected chi connectivity index (χ3v) is 2.60. The topological polar surface area (TPSA) is 66.5 Å². The lowest BCUT2D eigenvalue weighted by atomic mass is 9.99. The molecule has 0 aliphatic carbocycles. The molecular formula is C10H12ClNO2S. The summed E-state index contributed by atoms with van der Waals surface area (Å²) in [4.78, 5) is 0.187. The van der Waals surface area contributed by atoms with Crippen LogP contribution in [0.1, 0.15) is 17.2 Å². The van der Waals surface area contributed by atoms with Crippen LogP contribution in [0.25, 0.3) is 0 Å². The summed E-state index contributed by atoms with van der Waals surface area (Å²) in [6.07, 6.45) is -2.10. The number of benzene rings is 1. The van der Waals surface area contributed by atoms with E-state index in [2.05, 4.69) is 0 Å². The van der Waals surface area contributed by atoms with Crippen molar-refractivity contribution in [3.63, 3.8) is 0 Å². The molecule has 0 fully saturated rings. The van der Waals surface area contributed by atoms with E-state index in [0.717, 1.165) is 0 Å². The molecule has 1 aromatic rings. The van der Waals surface area contributed by atoms with Crippen LogP contribution in [0.4, 0.5) is 0 Å². The van der Waals surface area contributed by atoms with Crippen molar-refractivity contribution in [2.75, 3.05) is 5.88 Å². The quantitative estimate of drug-likeness (QED) is 0.546. The van der Waals surface area contributed by atoms with Gasteiger partial charge in [-0.15, -0.1) is 11.6 Å². The highest BCUT2D eigenvalue weighted by Crippen LogP contribution is 2.21. The van der Waals surface area contributed by atoms with Crippen molar-refractivity contribution in [1.82, 2.24) is 0 Å².